The summed E-state index contributed by atoms with van der Waals surface area (Å²) in [6.45, 7) is 3.94. The van der Waals surface area contributed by atoms with Crippen LogP contribution in [0.4, 0.5) is 4.39 Å². The largest absolute Gasteiger partial charge is 0.341 e. The third-order valence-corrected chi connectivity index (χ3v) is 5.30. The Hall–Kier alpha value is -2.44. The van der Waals surface area contributed by atoms with Gasteiger partial charge in [0.1, 0.15) is 5.82 Å². The van der Waals surface area contributed by atoms with Crippen LogP contribution in [0.1, 0.15) is 35.3 Å². The molecule has 0 spiro atoms. The first kappa shape index (κ1) is 22.8. The van der Waals surface area contributed by atoms with E-state index in [1.54, 1.807) is 9.80 Å². The van der Waals surface area contributed by atoms with Crippen molar-refractivity contribution in [2.24, 2.45) is 11.7 Å². The van der Waals surface area contributed by atoms with Crippen LogP contribution < -0.4 is 5.73 Å². The molecule has 156 valence electrons. The first-order valence-corrected chi connectivity index (χ1v) is 9.61. The Morgan fingerprint density at radius 1 is 0.931 bits per heavy atom. The van der Waals surface area contributed by atoms with Gasteiger partial charge in [-0.2, -0.15) is 0 Å². The van der Waals surface area contributed by atoms with Gasteiger partial charge in [0.2, 0.25) is 5.91 Å². The summed E-state index contributed by atoms with van der Waals surface area (Å²) in [4.78, 5) is 29.1. The van der Waals surface area contributed by atoms with Crippen molar-refractivity contribution in [2.75, 3.05) is 26.2 Å². The number of carbonyl (C=O) groups excluding carboxylic acids is 2. The van der Waals surface area contributed by atoms with Crippen molar-refractivity contribution in [3.8, 4) is 0 Å². The van der Waals surface area contributed by atoms with Crippen LogP contribution in [0.2, 0.25) is 0 Å². The van der Waals surface area contributed by atoms with Crippen LogP contribution in [0.25, 0.3) is 0 Å². The highest BCUT2D eigenvalue weighted by Crippen LogP contribution is 2.22. The maximum absolute atomic E-state index is 13.1. The van der Waals surface area contributed by atoms with E-state index in [0.717, 1.165) is 5.56 Å². The van der Waals surface area contributed by atoms with Crippen molar-refractivity contribution in [3.05, 3.63) is 71.5 Å². The highest BCUT2D eigenvalue weighted by atomic mass is 35.5. The Kier molecular flexibility index (Phi) is 8.17. The van der Waals surface area contributed by atoms with Crippen molar-refractivity contribution in [1.82, 2.24) is 9.80 Å². The molecule has 1 aliphatic rings. The molecule has 2 aromatic rings. The average molecular weight is 420 g/mol. The Morgan fingerprint density at radius 2 is 1.52 bits per heavy atom. The third-order valence-electron chi connectivity index (χ3n) is 5.30. The lowest BCUT2D eigenvalue weighted by Crippen LogP contribution is -2.42. The number of nitrogens with two attached hydrogens (primary N) is 1. The zero-order valence-electron chi connectivity index (χ0n) is 16.5. The van der Waals surface area contributed by atoms with Gasteiger partial charge < -0.3 is 15.5 Å². The SMILES string of the molecule is CC(C(=O)N1CCCN(C(=O)c2ccc(F)cc2)CC1)C(N)c1ccccc1.Cl. The van der Waals surface area contributed by atoms with E-state index in [2.05, 4.69) is 0 Å². The van der Waals surface area contributed by atoms with Gasteiger partial charge in [0, 0.05) is 37.8 Å². The minimum Gasteiger partial charge on any atom is -0.341 e. The van der Waals surface area contributed by atoms with Gasteiger partial charge in [-0.15, -0.1) is 12.4 Å². The molecule has 2 amide bonds. The summed E-state index contributed by atoms with van der Waals surface area (Å²) in [6.07, 6.45) is 0.700. The Morgan fingerprint density at radius 3 is 2.17 bits per heavy atom. The zero-order valence-corrected chi connectivity index (χ0v) is 17.3. The minimum atomic E-state index is -0.368. The lowest BCUT2D eigenvalue weighted by atomic mass is 9.94. The topological polar surface area (TPSA) is 66.6 Å². The molecule has 0 aliphatic carbocycles. The molecule has 5 nitrogen and oxygen atoms in total. The maximum atomic E-state index is 13.1. The smallest absolute Gasteiger partial charge is 0.253 e. The van der Waals surface area contributed by atoms with Gasteiger partial charge in [0.15, 0.2) is 0 Å². The molecule has 2 N–H and O–H groups in total. The minimum absolute atomic E-state index is 0. The molecule has 1 heterocycles. The van der Waals surface area contributed by atoms with E-state index >= 15 is 0 Å². The van der Waals surface area contributed by atoms with Crippen LogP contribution in [0.3, 0.4) is 0 Å². The molecule has 0 bridgehead atoms. The number of hydrogen-bond acceptors (Lipinski definition) is 3. The molecule has 0 radical (unpaired) electrons. The van der Waals surface area contributed by atoms with Gasteiger partial charge in [0.05, 0.1) is 5.92 Å². The van der Waals surface area contributed by atoms with Crippen LogP contribution in [-0.4, -0.2) is 47.8 Å². The first-order chi connectivity index (χ1) is 13.5. The summed E-state index contributed by atoms with van der Waals surface area (Å²) < 4.78 is 13.1. The van der Waals surface area contributed by atoms with Crippen molar-refractivity contribution >= 4 is 24.2 Å². The van der Waals surface area contributed by atoms with E-state index in [9.17, 15) is 14.0 Å². The second-order valence-corrected chi connectivity index (χ2v) is 7.20. The van der Waals surface area contributed by atoms with E-state index in [4.69, 9.17) is 5.73 Å². The third kappa shape index (κ3) is 5.55. The van der Waals surface area contributed by atoms with E-state index in [0.29, 0.717) is 38.2 Å². The van der Waals surface area contributed by atoms with Gasteiger partial charge in [0.25, 0.3) is 5.91 Å². The van der Waals surface area contributed by atoms with Crippen molar-refractivity contribution < 1.29 is 14.0 Å². The Bertz CT molecular complexity index is 817. The lowest BCUT2D eigenvalue weighted by molar-refractivity contribution is -0.135. The molecule has 29 heavy (non-hydrogen) atoms. The van der Waals surface area contributed by atoms with E-state index in [-0.39, 0.29) is 42.0 Å². The maximum Gasteiger partial charge on any atom is 0.253 e. The number of amides is 2. The zero-order chi connectivity index (χ0) is 20.1. The number of nitrogens with zero attached hydrogens (tertiary/aromatic N) is 2. The van der Waals surface area contributed by atoms with Gasteiger partial charge in [-0.05, 0) is 36.2 Å². The second-order valence-electron chi connectivity index (χ2n) is 7.20. The first-order valence-electron chi connectivity index (χ1n) is 9.61. The number of halogens is 2. The highest BCUT2D eigenvalue weighted by Gasteiger charge is 2.29. The van der Waals surface area contributed by atoms with Crippen LogP contribution in [0.5, 0.6) is 0 Å². The second kappa shape index (κ2) is 10.4. The summed E-state index contributed by atoms with van der Waals surface area (Å²) in [7, 11) is 0. The molecule has 1 saturated heterocycles. The van der Waals surface area contributed by atoms with Crippen LogP contribution in [0.15, 0.2) is 54.6 Å². The summed E-state index contributed by atoms with van der Waals surface area (Å²) >= 11 is 0. The monoisotopic (exact) mass is 419 g/mol. The van der Waals surface area contributed by atoms with Gasteiger partial charge in [-0.25, -0.2) is 4.39 Å². The van der Waals surface area contributed by atoms with Crippen molar-refractivity contribution in [2.45, 2.75) is 19.4 Å². The molecule has 2 unspecified atom stereocenters. The van der Waals surface area contributed by atoms with Crippen molar-refractivity contribution in [1.29, 1.82) is 0 Å². The highest BCUT2D eigenvalue weighted by molar-refractivity contribution is 5.94. The molecule has 1 aliphatic heterocycles. The molecule has 2 aromatic carbocycles. The fraction of sp³-hybridized carbons (Fsp3) is 0.364. The number of benzene rings is 2. The number of rotatable bonds is 4. The Labute approximate surface area is 177 Å². The fourth-order valence-electron chi connectivity index (χ4n) is 3.52. The normalized spacial score (nSPS) is 16.4. The van der Waals surface area contributed by atoms with Gasteiger partial charge in [-0.3, -0.25) is 9.59 Å². The summed E-state index contributed by atoms with van der Waals surface area (Å²) in [6, 6.07) is 14.8. The molecule has 3 rings (SSSR count). The van der Waals surface area contributed by atoms with Gasteiger partial charge in [-0.1, -0.05) is 37.3 Å². The van der Waals surface area contributed by atoms with E-state index < -0.39 is 0 Å². The summed E-state index contributed by atoms with van der Waals surface area (Å²) in [5, 5.41) is 0. The fourth-order valence-corrected chi connectivity index (χ4v) is 3.52. The predicted molar refractivity (Wildman–Crippen MR) is 113 cm³/mol. The molecule has 0 aromatic heterocycles. The lowest BCUT2D eigenvalue weighted by Gasteiger charge is -2.27. The average Bonchev–Trinajstić information content (AvgIpc) is 2.99. The molecular weight excluding hydrogens is 393 g/mol. The van der Waals surface area contributed by atoms with E-state index in [1.807, 2.05) is 37.3 Å². The van der Waals surface area contributed by atoms with Crippen molar-refractivity contribution in [3.63, 3.8) is 0 Å². The number of carbonyl (C=O) groups is 2. The number of hydrogen-bond donors (Lipinski definition) is 1. The Balaban J connectivity index is 0.00000300. The standard InChI is InChI=1S/C22H26FN3O2.ClH/c1-16(20(24)17-6-3-2-4-7-17)21(27)25-12-5-13-26(15-14-25)22(28)18-8-10-19(23)11-9-18;/h2-4,6-11,16,20H,5,12-15,24H2,1H3;1H. The molecule has 2 atom stereocenters. The van der Waals surface area contributed by atoms with Crippen LogP contribution in [-0.2, 0) is 4.79 Å². The summed E-state index contributed by atoms with van der Waals surface area (Å²) in [5.74, 6) is -0.842. The molecule has 7 heteroatoms. The quantitative estimate of drug-likeness (QED) is 0.827. The van der Waals surface area contributed by atoms with Crippen LogP contribution >= 0.6 is 12.4 Å². The summed E-state index contributed by atoms with van der Waals surface area (Å²) in [5.41, 5.74) is 7.70. The van der Waals surface area contributed by atoms with Crippen LogP contribution in [0, 0.1) is 11.7 Å². The molecule has 0 saturated carbocycles. The van der Waals surface area contributed by atoms with E-state index in [1.165, 1.54) is 24.3 Å². The van der Waals surface area contributed by atoms with Gasteiger partial charge >= 0.3 is 0 Å². The molecule has 1 fully saturated rings. The molecular formula is C22H27ClFN3O2. The predicted octanol–water partition coefficient (Wildman–Crippen LogP) is 3.26.